The van der Waals surface area contributed by atoms with E-state index in [0.29, 0.717) is 0 Å². The third kappa shape index (κ3) is 4.20. The van der Waals surface area contributed by atoms with Gasteiger partial charge in [-0.1, -0.05) is 127 Å². The van der Waals surface area contributed by atoms with E-state index < -0.39 is 0 Å². The van der Waals surface area contributed by atoms with Crippen molar-refractivity contribution in [2.45, 2.75) is 0 Å². The summed E-state index contributed by atoms with van der Waals surface area (Å²) < 4.78 is 4.88. The maximum Gasteiger partial charge on any atom is 0.161 e. The maximum atomic E-state index is 5.28. The van der Waals surface area contributed by atoms with Gasteiger partial charge in [-0.15, -0.1) is 11.3 Å². The van der Waals surface area contributed by atoms with Gasteiger partial charge in [0.15, 0.2) is 5.82 Å². The number of thiophene rings is 1. The lowest BCUT2D eigenvalue weighted by atomic mass is 10.0. The molecular formula is C44H27N3S. The molecule has 0 amide bonds. The van der Waals surface area contributed by atoms with Crippen molar-refractivity contribution in [3.8, 4) is 39.6 Å². The molecule has 0 N–H and O–H groups in total. The fourth-order valence-corrected chi connectivity index (χ4v) is 8.49. The van der Waals surface area contributed by atoms with Gasteiger partial charge in [0.25, 0.3) is 0 Å². The van der Waals surface area contributed by atoms with Crippen LogP contribution < -0.4 is 0 Å². The van der Waals surface area contributed by atoms with Crippen molar-refractivity contribution in [2.75, 3.05) is 0 Å². The lowest BCUT2D eigenvalue weighted by Gasteiger charge is -2.10. The van der Waals surface area contributed by atoms with Gasteiger partial charge in [0.05, 0.1) is 27.1 Å². The van der Waals surface area contributed by atoms with E-state index >= 15 is 0 Å². The molecule has 10 rings (SSSR count). The lowest BCUT2D eigenvalue weighted by molar-refractivity contribution is 1.19. The van der Waals surface area contributed by atoms with Crippen LogP contribution in [0, 0.1) is 0 Å². The molecule has 3 heterocycles. The Kier molecular flexibility index (Phi) is 6.05. The average molecular weight is 630 g/mol. The van der Waals surface area contributed by atoms with Gasteiger partial charge in [-0.3, -0.25) is 0 Å². The molecule has 7 aromatic carbocycles. The minimum absolute atomic E-state index is 0.733. The molecule has 0 spiro atoms. The predicted octanol–water partition coefficient (Wildman–Crippen LogP) is 12.1. The number of para-hydroxylation sites is 2. The first-order chi connectivity index (χ1) is 23.8. The first-order valence-corrected chi connectivity index (χ1v) is 17.0. The highest BCUT2D eigenvalue weighted by Gasteiger charge is 2.20. The Morgan fingerprint density at radius 2 is 1.10 bits per heavy atom. The molecule has 0 aliphatic rings. The summed E-state index contributed by atoms with van der Waals surface area (Å²) in [6.45, 7) is 0. The molecular weight excluding hydrogens is 603 g/mol. The van der Waals surface area contributed by atoms with Gasteiger partial charge in [-0.05, 0) is 47.2 Å². The topological polar surface area (TPSA) is 30.7 Å². The maximum absolute atomic E-state index is 5.28. The van der Waals surface area contributed by atoms with Crippen LogP contribution in [0.2, 0.25) is 0 Å². The first kappa shape index (κ1) is 27.1. The van der Waals surface area contributed by atoms with Crippen molar-refractivity contribution < 1.29 is 0 Å². The Morgan fingerprint density at radius 3 is 1.96 bits per heavy atom. The third-order valence-electron chi connectivity index (χ3n) is 9.40. The van der Waals surface area contributed by atoms with E-state index in [0.717, 1.165) is 39.6 Å². The molecule has 48 heavy (non-hydrogen) atoms. The van der Waals surface area contributed by atoms with E-state index in [-0.39, 0.29) is 0 Å². The van der Waals surface area contributed by atoms with Crippen molar-refractivity contribution >= 4 is 64.1 Å². The Bertz CT molecular complexity index is 2830. The van der Waals surface area contributed by atoms with Crippen LogP contribution in [0.15, 0.2) is 164 Å². The molecule has 10 aromatic rings. The summed E-state index contributed by atoms with van der Waals surface area (Å²) in [5, 5.41) is 7.40. The summed E-state index contributed by atoms with van der Waals surface area (Å²) in [5.41, 5.74) is 8.62. The highest BCUT2D eigenvalue weighted by atomic mass is 32.1. The predicted molar refractivity (Wildman–Crippen MR) is 203 cm³/mol. The molecule has 0 aliphatic carbocycles. The van der Waals surface area contributed by atoms with Crippen LogP contribution in [0.5, 0.6) is 0 Å². The van der Waals surface area contributed by atoms with Crippen LogP contribution in [0.3, 0.4) is 0 Å². The molecule has 0 atom stereocenters. The van der Waals surface area contributed by atoms with E-state index in [1.165, 1.54) is 52.8 Å². The van der Waals surface area contributed by atoms with E-state index in [2.05, 4.69) is 162 Å². The van der Waals surface area contributed by atoms with Crippen molar-refractivity contribution in [1.29, 1.82) is 0 Å². The standard InChI is InChI=1S/C44H27N3S/c1-3-13-29(14-4-1)38-27-39(31-23-22-28-12-7-8-15-30(28)26-31)46-44(45-38)37-20-11-19-35-36-25-24-34-33-18-9-10-21-40(33)47(32-16-5-2-6-17-32)41(34)43(36)48-42(35)37/h1-27H. The van der Waals surface area contributed by atoms with Crippen molar-refractivity contribution in [1.82, 2.24) is 14.5 Å². The normalized spacial score (nSPS) is 11.8. The minimum Gasteiger partial charge on any atom is -0.308 e. The van der Waals surface area contributed by atoms with Crippen LogP contribution in [-0.4, -0.2) is 14.5 Å². The molecule has 0 radical (unpaired) electrons. The Labute approximate surface area is 281 Å². The van der Waals surface area contributed by atoms with Crippen molar-refractivity contribution in [3.63, 3.8) is 0 Å². The summed E-state index contributed by atoms with van der Waals surface area (Å²) >= 11 is 1.84. The van der Waals surface area contributed by atoms with Gasteiger partial charge in [-0.2, -0.15) is 0 Å². The molecule has 0 fully saturated rings. The molecule has 3 aromatic heterocycles. The van der Waals surface area contributed by atoms with Gasteiger partial charge >= 0.3 is 0 Å². The highest BCUT2D eigenvalue weighted by Crippen LogP contribution is 2.45. The van der Waals surface area contributed by atoms with Crippen molar-refractivity contribution in [2.24, 2.45) is 0 Å². The molecule has 0 bridgehead atoms. The second-order valence-corrected chi connectivity index (χ2v) is 13.2. The van der Waals surface area contributed by atoms with Crippen LogP contribution in [0.4, 0.5) is 0 Å². The molecule has 3 nitrogen and oxygen atoms in total. The SMILES string of the molecule is c1ccc(-c2cc(-c3ccc4ccccc4c3)nc(-c3cccc4c3sc3c4ccc4c5ccccc5n(-c5ccccc5)c43)n2)cc1. The third-order valence-corrected chi connectivity index (χ3v) is 10.7. The largest absolute Gasteiger partial charge is 0.308 e. The van der Waals surface area contributed by atoms with Crippen LogP contribution in [0.25, 0.3) is 92.3 Å². The van der Waals surface area contributed by atoms with Gasteiger partial charge in [-0.25, -0.2) is 9.97 Å². The summed E-state index contributed by atoms with van der Waals surface area (Å²) in [4.78, 5) is 10.5. The number of fused-ring (bicyclic) bond motifs is 8. The Balaban J connectivity index is 1.25. The molecule has 0 aliphatic heterocycles. The summed E-state index contributed by atoms with van der Waals surface area (Å²) in [6.07, 6.45) is 0. The number of nitrogens with zero attached hydrogens (tertiary/aromatic N) is 3. The smallest absolute Gasteiger partial charge is 0.161 e. The summed E-state index contributed by atoms with van der Waals surface area (Å²) in [6, 6.07) is 58.2. The number of aromatic nitrogens is 3. The lowest BCUT2D eigenvalue weighted by Crippen LogP contribution is -1.96. The number of rotatable bonds is 4. The second-order valence-electron chi connectivity index (χ2n) is 12.2. The van der Waals surface area contributed by atoms with E-state index in [1.807, 2.05) is 17.4 Å². The monoisotopic (exact) mass is 629 g/mol. The highest BCUT2D eigenvalue weighted by molar-refractivity contribution is 7.27. The quantitative estimate of drug-likeness (QED) is 0.194. The van der Waals surface area contributed by atoms with Crippen molar-refractivity contribution in [3.05, 3.63) is 164 Å². The van der Waals surface area contributed by atoms with Gasteiger partial charge in [0.2, 0.25) is 0 Å². The van der Waals surface area contributed by atoms with Gasteiger partial charge in [0, 0.05) is 48.6 Å². The van der Waals surface area contributed by atoms with E-state index in [4.69, 9.17) is 9.97 Å². The number of hydrogen-bond donors (Lipinski definition) is 0. The zero-order valence-electron chi connectivity index (χ0n) is 25.8. The van der Waals surface area contributed by atoms with Crippen LogP contribution in [-0.2, 0) is 0 Å². The molecule has 0 unspecified atom stereocenters. The zero-order valence-corrected chi connectivity index (χ0v) is 26.7. The van der Waals surface area contributed by atoms with E-state index in [9.17, 15) is 0 Å². The van der Waals surface area contributed by atoms with Crippen LogP contribution >= 0.6 is 11.3 Å². The fraction of sp³-hybridized carbons (Fsp3) is 0. The molecule has 0 saturated carbocycles. The molecule has 224 valence electrons. The van der Waals surface area contributed by atoms with Crippen LogP contribution in [0.1, 0.15) is 0 Å². The average Bonchev–Trinajstić information content (AvgIpc) is 3.71. The zero-order chi connectivity index (χ0) is 31.6. The fourth-order valence-electron chi connectivity index (χ4n) is 7.15. The minimum atomic E-state index is 0.733. The second kappa shape index (κ2) is 10.7. The Hall–Kier alpha value is -6.10. The first-order valence-electron chi connectivity index (χ1n) is 16.2. The van der Waals surface area contributed by atoms with E-state index in [1.54, 1.807) is 0 Å². The van der Waals surface area contributed by atoms with Gasteiger partial charge < -0.3 is 4.57 Å². The van der Waals surface area contributed by atoms with Gasteiger partial charge in [0.1, 0.15) is 0 Å². The molecule has 4 heteroatoms. The molecule has 0 saturated heterocycles. The Morgan fingerprint density at radius 1 is 0.438 bits per heavy atom. The summed E-state index contributed by atoms with van der Waals surface area (Å²) in [7, 11) is 0. The number of hydrogen-bond acceptors (Lipinski definition) is 3. The summed E-state index contributed by atoms with van der Waals surface area (Å²) in [5.74, 6) is 0.733. The number of benzene rings is 7.